The Labute approximate surface area is 104 Å². The molecule has 3 nitrogen and oxygen atoms in total. The molecule has 0 saturated heterocycles. The van der Waals surface area contributed by atoms with Gasteiger partial charge in [0.1, 0.15) is 5.75 Å². The minimum absolute atomic E-state index is 0.645. The molecule has 0 heterocycles. The maximum atomic E-state index is 9.74. The molecule has 0 unspecified atom stereocenters. The summed E-state index contributed by atoms with van der Waals surface area (Å²) in [4.78, 5) is 2.10. The predicted octanol–water partition coefficient (Wildman–Crippen LogP) is 2.29. The number of aliphatic hydroxyl groups is 1. The summed E-state index contributed by atoms with van der Waals surface area (Å²) in [5.74, 6) is 0.904. The smallest absolute Gasteiger partial charge is 0.119 e. The standard InChI is InChI=1S/C14H23NO2/c1-5-17-13-8-6-7-12(9-13)10-15(4)11-14(2,3)16/h6-9,16H,5,10-11H2,1-4H3. The van der Waals surface area contributed by atoms with Gasteiger partial charge in [0.25, 0.3) is 0 Å². The van der Waals surface area contributed by atoms with Crippen LogP contribution in [-0.2, 0) is 6.54 Å². The molecule has 0 atom stereocenters. The normalized spacial score (nSPS) is 11.9. The molecule has 3 heteroatoms. The second kappa shape index (κ2) is 6.03. The van der Waals surface area contributed by atoms with Crippen molar-refractivity contribution in [2.45, 2.75) is 32.9 Å². The van der Waals surface area contributed by atoms with Crippen LogP contribution in [0.25, 0.3) is 0 Å². The van der Waals surface area contributed by atoms with Crippen molar-refractivity contribution in [3.63, 3.8) is 0 Å². The number of hydrogen-bond donors (Lipinski definition) is 1. The third-order valence-corrected chi connectivity index (χ3v) is 2.32. The van der Waals surface area contributed by atoms with Crippen LogP contribution in [0.1, 0.15) is 26.3 Å². The van der Waals surface area contributed by atoms with E-state index in [0.29, 0.717) is 13.2 Å². The highest BCUT2D eigenvalue weighted by atomic mass is 16.5. The Hall–Kier alpha value is -1.06. The number of rotatable bonds is 6. The van der Waals surface area contributed by atoms with E-state index in [-0.39, 0.29) is 0 Å². The van der Waals surface area contributed by atoms with E-state index in [2.05, 4.69) is 11.0 Å². The predicted molar refractivity (Wildman–Crippen MR) is 70.2 cm³/mol. The lowest BCUT2D eigenvalue weighted by Gasteiger charge is -2.25. The lowest BCUT2D eigenvalue weighted by Crippen LogP contribution is -2.35. The van der Waals surface area contributed by atoms with Gasteiger partial charge in [-0.05, 0) is 45.5 Å². The van der Waals surface area contributed by atoms with E-state index in [1.807, 2.05) is 46.0 Å². The fourth-order valence-electron chi connectivity index (χ4n) is 1.93. The molecule has 0 aliphatic heterocycles. The van der Waals surface area contributed by atoms with Gasteiger partial charge in [0, 0.05) is 13.1 Å². The third kappa shape index (κ3) is 5.71. The molecule has 1 rings (SSSR count). The van der Waals surface area contributed by atoms with E-state index in [0.717, 1.165) is 12.3 Å². The SMILES string of the molecule is CCOc1cccc(CN(C)CC(C)(C)O)c1. The number of likely N-dealkylation sites (N-methyl/N-ethyl adjacent to an activating group) is 1. The highest BCUT2D eigenvalue weighted by Gasteiger charge is 2.15. The van der Waals surface area contributed by atoms with Gasteiger partial charge in [0.15, 0.2) is 0 Å². The van der Waals surface area contributed by atoms with Crippen molar-refractivity contribution >= 4 is 0 Å². The largest absolute Gasteiger partial charge is 0.494 e. The van der Waals surface area contributed by atoms with Crippen LogP contribution >= 0.6 is 0 Å². The molecule has 0 spiro atoms. The van der Waals surface area contributed by atoms with Crippen LogP contribution in [0.5, 0.6) is 5.75 Å². The van der Waals surface area contributed by atoms with Crippen molar-refractivity contribution in [2.24, 2.45) is 0 Å². The number of nitrogens with zero attached hydrogens (tertiary/aromatic N) is 1. The van der Waals surface area contributed by atoms with E-state index in [4.69, 9.17) is 4.74 Å². The average Bonchev–Trinajstić information content (AvgIpc) is 2.15. The van der Waals surface area contributed by atoms with Crippen molar-refractivity contribution < 1.29 is 9.84 Å². The Balaban J connectivity index is 2.58. The highest BCUT2D eigenvalue weighted by molar-refractivity contribution is 5.28. The maximum absolute atomic E-state index is 9.74. The quantitative estimate of drug-likeness (QED) is 0.824. The van der Waals surface area contributed by atoms with Crippen LogP contribution in [0, 0.1) is 0 Å². The van der Waals surface area contributed by atoms with Gasteiger partial charge in [-0.1, -0.05) is 12.1 Å². The van der Waals surface area contributed by atoms with Gasteiger partial charge in [-0.2, -0.15) is 0 Å². The molecule has 1 aromatic carbocycles. The molecular formula is C14H23NO2. The fraction of sp³-hybridized carbons (Fsp3) is 0.571. The zero-order valence-electron chi connectivity index (χ0n) is 11.2. The second-order valence-corrected chi connectivity index (χ2v) is 5.07. The third-order valence-electron chi connectivity index (χ3n) is 2.32. The number of ether oxygens (including phenoxy) is 1. The van der Waals surface area contributed by atoms with Gasteiger partial charge >= 0.3 is 0 Å². The number of benzene rings is 1. The summed E-state index contributed by atoms with van der Waals surface area (Å²) in [6, 6.07) is 8.08. The lowest BCUT2D eigenvalue weighted by atomic mass is 10.1. The Bertz CT molecular complexity index is 344. The minimum Gasteiger partial charge on any atom is -0.494 e. The monoisotopic (exact) mass is 237 g/mol. The molecular weight excluding hydrogens is 214 g/mol. The van der Waals surface area contributed by atoms with E-state index in [9.17, 15) is 5.11 Å². The highest BCUT2D eigenvalue weighted by Crippen LogP contribution is 2.15. The van der Waals surface area contributed by atoms with Crippen LogP contribution in [0.15, 0.2) is 24.3 Å². The zero-order chi connectivity index (χ0) is 12.9. The molecule has 0 aliphatic carbocycles. The van der Waals surface area contributed by atoms with E-state index in [1.165, 1.54) is 5.56 Å². The Kier molecular flexibility index (Phi) is 4.97. The van der Waals surface area contributed by atoms with Gasteiger partial charge in [-0.15, -0.1) is 0 Å². The van der Waals surface area contributed by atoms with Crippen LogP contribution in [0.4, 0.5) is 0 Å². The Morgan fingerprint density at radius 3 is 2.65 bits per heavy atom. The van der Waals surface area contributed by atoms with Gasteiger partial charge in [0.05, 0.1) is 12.2 Å². The number of hydrogen-bond acceptors (Lipinski definition) is 3. The molecule has 0 radical (unpaired) electrons. The van der Waals surface area contributed by atoms with Gasteiger partial charge < -0.3 is 9.84 Å². The first-order valence-electron chi connectivity index (χ1n) is 6.03. The minimum atomic E-state index is -0.660. The van der Waals surface area contributed by atoms with Crippen molar-refractivity contribution in [3.05, 3.63) is 29.8 Å². The van der Waals surface area contributed by atoms with Crippen LogP contribution in [0.2, 0.25) is 0 Å². The van der Waals surface area contributed by atoms with Crippen LogP contribution in [-0.4, -0.2) is 35.8 Å². The van der Waals surface area contributed by atoms with E-state index in [1.54, 1.807) is 0 Å². The maximum Gasteiger partial charge on any atom is 0.119 e. The van der Waals surface area contributed by atoms with E-state index >= 15 is 0 Å². The lowest BCUT2D eigenvalue weighted by molar-refractivity contribution is 0.0425. The van der Waals surface area contributed by atoms with Crippen molar-refractivity contribution in [1.29, 1.82) is 0 Å². The summed E-state index contributed by atoms with van der Waals surface area (Å²) in [6.07, 6.45) is 0. The summed E-state index contributed by atoms with van der Waals surface area (Å²) in [5.41, 5.74) is 0.537. The first kappa shape index (κ1) is 14.0. The molecule has 17 heavy (non-hydrogen) atoms. The van der Waals surface area contributed by atoms with Gasteiger partial charge in [-0.3, -0.25) is 4.90 Å². The van der Waals surface area contributed by atoms with Crippen molar-refractivity contribution in [1.82, 2.24) is 4.90 Å². The second-order valence-electron chi connectivity index (χ2n) is 5.07. The Morgan fingerprint density at radius 1 is 1.35 bits per heavy atom. The molecule has 1 N–H and O–H groups in total. The van der Waals surface area contributed by atoms with Crippen LogP contribution in [0.3, 0.4) is 0 Å². The average molecular weight is 237 g/mol. The molecule has 0 aliphatic rings. The van der Waals surface area contributed by atoms with Gasteiger partial charge in [-0.25, -0.2) is 0 Å². The summed E-state index contributed by atoms with van der Waals surface area (Å²) in [6.45, 7) is 7.76. The molecule has 0 fully saturated rings. The molecule has 0 aromatic heterocycles. The molecule has 0 saturated carbocycles. The molecule has 96 valence electrons. The summed E-state index contributed by atoms with van der Waals surface area (Å²) < 4.78 is 5.46. The summed E-state index contributed by atoms with van der Waals surface area (Å²) in [5, 5.41) is 9.74. The van der Waals surface area contributed by atoms with Crippen LogP contribution < -0.4 is 4.74 Å². The van der Waals surface area contributed by atoms with Gasteiger partial charge in [0.2, 0.25) is 0 Å². The molecule has 1 aromatic rings. The zero-order valence-corrected chi connectivity index (χ0v) is 11.2. The van der Waals surface area contributed by atoms with Crippen molar-refractivity contribution in [2.75, 3.05) is 20.2 Å². The first-order valence-corrected chi connectivity index (χ1v) is 6.03. The molecule has 0 amide bonds. The topological polar surface area (TPSA) is 32.7 Å². The fourth-order valence-corrected chi connectivity index (χ4v) is 1.93. The van der Waals surface area contributed by atoms with Crippen molar-refractivity contribution in [3.8, 4) is 5.75 Å². The summed E-state index contributed by atoms with van der Waals surface area (Å²) >= 11 is 0. The van der Waals surface area contributed by atoms with E-state index < -0.39 is 5.60 Å². The summed E-state index contributed by atoms with van der Waals surface area (Å²) in [7, 11) is 2.01. The molecule has 0 bridgehead atoms. The Morgan fingerprint density at radius 2 is 2.06 bits per heavy atom. The first-order chi connectivity index (χ1) is 7.90.